The van der Waals surface area contributed by atoms with Crippen LogP contribution >= 0.6 is 0 Å². The highest BCUT2D eigenvalue weighted by atomic mass is 19.3. The summed E-state index contributed by atoms with van der Waals surface area (Å²) in [6.07, 6.45) is -3.38. The molecule has 30 heavy (non-hydrogen) atoms. The molecule has 2 amide bonds. The maximum atomic E-state index is 13.0. The molecule has 0 spiro atoms. The van der Waals surface area contributed by atoms with Crippen molar-refractivity contribution in [1.82, 2.24) is 24.9 Å². The third kappa shape index (κ3) is 4.85. The van der Waals surface area contributed by atoms with Gasteiger partial charge in [-0.1, -0.05) is 0 Å². The predicted octanol–water partition coefficient (Wildman–Crippen LogP) is 2.65. The lowest BCUT2D eigenvalue weighted by atomic mass is 10.3. The number of hydrogen-bond donors (Lipinski definition) is 2. The van der Waals surface area contributed by atoms with Crippen molar-refractivity contribution in [2.24, 2.45) is 7.05 Å². The summed E-state index contributed by atoms with van der Waals surface area (Å²) >= 11 is 0. The van der Waals surface area contributed by atoms with E-state index in [9.17, 15) is 27.2 Å². The van der Waals surface area contributed by atoms with E-state index in [4.69, 9.17) is 4.42 Å². The van der Waals surface area contributed by atoms with Gasteiger partial charge in [-0.3, -0.25) is 19.0 Å². The van der Waals surface area contributed by atoms with E-state index >= 15 is 0 Å². The molecule has 2 N–H and O–H groups in total. The van der Waals surface area contributed by atoms with Crippen molar-refractivity contribution in [2.45, 2.75) is 25.9 Å². The quantitative estimate of drug-likeness (QED) is 0.537. The third-order valence-electron chi connectivity index (χ3n) is 3.89. The van der Waals surface area contributed by atoms with E-state index in [0.717, 1.165) is 0 Å². The highest BCUT2D eigenvalue weighted by molar-refractivity contribution is 6.02. The van der Waals surface area contributed by atoms with Gasteiger partial charge in [0.2, 0.25) is 5.91 Å². The van der Waals surface area contributed by atoms with Gasteiger partial charge in [0.15, 0.2) is 5.69 Å². The van der Waals surface area contributed by atoms with Gasteiger partial charge in [-0.15, -0.1) is 0 Å². The minimum Gasteiger partial charge on any atom is -0.467 e. The second-order valence-electron chi connectivity index (χ2n) is 6.13. The molecule has 0 saturated carbocycles. The zero-order chi connectivity index (χ0) is 21.8. The number of carbonyl (C=O) groups excluding carboxylic acids is 2. The Morgan fingerprint density at radius 1 is 1.20 bits per heavy atom. The average molecular weight is 428 g/mol. The molecular weight excluding hydrogens is 412 g/mol. The fourth-order valence-corrected chi connectivity index (χ4v) is 2.60. The van der Waals surface area contributed by atoms with Gasteiger partial charge in [-0.25, -0.2) is 17.6 Å². The Morgan fingerprint density at radius 2 is 1.97 bits per heavy atom. The van der Waals surface area contributed by atoms with E-state index in [2.05, 4.69) is 20.8 Å². The molecule has 0 aliphatic rings. The van der Waals surface area contributed by atoms with Crippen LogP contribution in [0, 0.1) is 0 Å². The van der Waals surface area contributed by atoms with Crippen molar-refractivity contribution in [3.8, 4) is 0 Å². The number of nitrogens with one attached hydrogen (secondary N) is 2. The summed E-state index contributed by atoms with van der Waals surface area (Å²) < 4.78 is 58.4. The lowest BCUT2D eigenvalue weighted by Gasteiger charge is -2.08. The molecule has 9 nitrogen and oxygen atoms in total. The fraction of sp³-hybridized carbons (Fsp3) is 0.294. The number of hydrogen-bond acceptors (Lipinski definition) is 5. The Balaban J connectivity index is 1.71. The van der Waals surface area contributed by atoms with E-state index < -0.39 is 42.6 Å². The molecule has 3 aromatic rings. The molecule has 3 rings (SSSR count). The Bertz CT molecular complexity index is 1030. The Morgan fingerprint density at radius 3 is 2.60 bits per heavy atom. The summed E-state index contributed by atoms with van der Waals surface area (Å²) in [5.74, 6) is -0.971. The van der Waals surface area contributed by atoms with Crippen molar-refractivity contribution >= 4 is 17.5 Å². The maximum absolute atomic E-state index is 13.0. The van der Waals surface area contributed by atoms with Crippen LogP contribution in [0.3, 0.4) is 0 Å². The molecule has 0 unspecified atom stereocenters. The van der Waals surface area contributed by atoms with Crippen molar-refractivity contribution in [1.29, 1.82) is 0 Å². The molecule has 0 aliphatic carbocycles. The van der Waals surface area contributed by atoms with Crippen LogP contribution in [0.1, 0.15) is 40.5 Å². The highest BCUT2D eigenvalue weighted by Gasteiger charge is 2.23. The van der Waals surface area contributed by atoms with Crippen LogP contribution in [0.4, 0.5) is 23.2 Å². The average Bonchev–Trinajstić information content (AvgIpc) is 3.39. The second kappa shape index (κ2) is 8.80. The first kappa shape index (κ1) is 21.1. The first-order valence-corrected chi connectivity index (χ1v) is 8.52. The minimum atomic E-state index is -3.10. The first-order valence-electron chi connectivity index (χ1n) is 8.52. The lowest BCUT2D eigenvalue weighted by molar-refractivity contribution is -0.117. The molecule has 0 aromatic carbocycles. The van der Waals surface area contributed by atoms with E-state index in [1.807, 2.05) is 0 Å². The van der Waals surface area contributed by atoms with Gasteiger partial charge >= 0.3 is 0 Å². The number of aromatic nitrogens is 4. The zero-order valence-electron chi connectivity index (χ0n) is 15.5. The Hall–Kier alpha value is -3.64. The van der Waals surface area contributed by atoms with Gasteiger partial charge in [0, 0.05) is 13.2 Å². The van der Waals surface area contributed by atoms with Gasteiger partial charge < -0.3 is 15.1 Å². The SMILES string of the molecule is Cn1cc(NC(=O)Cn2nc(C(F)F)cc2C(F)F)c(C(=O)NCc2ccco2)n1. The Labute approximate surface area is 166 Å². The number of nitrogens with zero attached hydrogens (tertiary/aromatic N) is 4. The molecule has 0 bridgehead atoms. The minimum absolute atomic E-state index is 0.0132. The summed E-state index contributed by atoms with van der Waals surface area (Å²) in [5, 5.41) is 12.2. The molecule has 0 radical (unpaired) electrons. The third-order valence-corrected chi connectivity index (χ3v) is 3.89. The number of alkyl halides is 4. The van der Waals surface area contributed by atoms with Crippen LogP contribution in [0.25, 0.3) is 0 Å². The smallest absolute Gasteiger partial charge is 0.282 e. The van der Waals surface area contributed by atoms with Crippen LogP contribution < -0.4 is 10.6 Å². The Kier molecular flexibility index (Phi) is 6.18. The maximum Gasteiger partial charge on any atom is 0.282 e. The standard InChI is InChI=1S/C17H16F4N6O3/c1-26-7-11(14(25-26)17(29)22-6-9-3-2-4-30-9)23-13(28)8-27-12(16(20)21)5-10(24-27)15(18)19/h2-5,7,15-16H,6,8H2,1H3,(H,22,29)(H,23,28). The van der Waals surface area contributed by atoms with Gasteiger partial charge in [0.25, 0.3) is 18.8 Å². The molecule has 0 aliphatic heterocycles. The van der Waals surface area contributed by atoms with Gasteiger partial charge in [0.1, 0.15) is 23.7 Å². The van der Waals surface area contributed by atoms with E-state index in [1.165, 1.54) is 24.2 Å². The highest BCUT2D eigenvalue weighted by Crippen LogP contribution is 2.25. The van der Waals surface area contributed by atoms with E-state index in [1.54, 1.807) is 12.1 Å². The molecule has 0 fully saturated rings. The molecule has 13 heteroatoms. The van der Waals surface area contributed by atoms with E-state index in [-0.39, 0.29) is 17.9 Å². The van der Waals surface area contributed by atoms with Crippen LogP contribution in [0.5, 0.6) is 0 Å². The van der Waals surface area contributed by atoms with Gasteiger partial charge in [-0.05, 0) is 18.2 Å². The van der Waals surface area contributed by atoms with Crippen molar-refractivity contribution in [2.75, 3.05) is 5.32 Å². The molecule has 0 saturated heterocycles. The van der Waals surface area contributed by atoms with Crippen LogP contribution in [0.15, 0.2) is 35.1 Å². The molecule has 160 valence electrons. The normalized spacial score (nSPS) is 11.3. The van der Waals surface area contributed by atoms with Crippen LogP contribution in [0.2, 0.25) is 0 Å². The number of anilines is 1. The molecular formula is C17H16F4N6O3. The summed E-state index contributed by atoms with van der Waals surface area (Å²) in [6, 6.07) is 3.84. The zero-order valence-corrected chi connectivity index (χ0v) is 15.5. The summed E-state index contributed by atoms with van der Waals surface area (Å²) in [6.45, 7) is -0.675. The molecule has 0 atom stereocenters. The van der Waals surface area contributed by atoms with E-state index in [0.29, 0.717) is 16.5 Å². The van der Waals surface area contributed by atoms with Gasteiger partial charge in [0.05, 0.1) is 18.5 Å². The number of halogens is 4. The number of amides is 2. The van der Waals surface area contributed by atoms with Crippen molar-refractivity contribution < 1.29 is 31.6 Å². The van der Waals surface area contributed by atoms with Crippen LogP contribution in [-0.4, -0.2) is 31.4 Å². The topological polar surface area (TPSA) is 107 Å². The lowest BCUT2D eigenvalue weighted by Crippen LogP contribution is -2.26. The molecule has 3 aromatic heterocycles. The fourth-order valence-electron chi connectivity index (χ4n) is 2.60. The number of rotatable bonds is 8. The number of carbonyl (C=O) groups is 2. The predicted molar refractivity (Wildman–Crippen MR) is 93.9 cm³/mol. The largest absolute Gasteiger partial charge is 0.467 e. The van der Waals surface area contributed by atoms with Crippen LogP contribution in [-0.2, 0) is 24.9 Å². The van der Waals surface area contributed by atoms with Crippen molar-refractivity contribution in [3.63, 3.8) is 0 Å². The summed E-state index contributed by atoms with van der Waals surface area (Å²) in [5.41, 5.74) is -1.79. The van der Waals surface area contributed by atoms with Gasteiger partial charge in [-0.2, -0.15) is 10.2 Å². The number of furan rings is 1. The summed E-state index contributed by atoms with van der Waals surface area (Å²) in [7, 11) is 1.51. The van der Waals surface area contributed by atoms with Crippen molar-refractivity contribution in [3.05, 3.63) is 53.5 Å². The second-order valence-corrected chi connectivity index (χ2v) is 6.13. The molecule has 3 heterocycles. The monoisotopic (exact) mass is 428 g/mol. The number of aryl methyl sites for hydroxylation is 1. The first-order chi connectivity index (χ1) is 14.2. The summed E-state index contributed by atoms with van der Waals surface area (Å²) in [4.78, 5) is 24.6.